The van der Waals surface area contributed by atoms with E-state index in [4.69, 9.17) is 18.9 Å². The third-order valence-corrected chi connectivity index (χ3v) is 4.55. The van der Waals surface area contributed by atoms with Crippen LogP contribution in [0.5, 0.6) is 11.5 Å². The number of amides is 1. The Labute approximate surface area is 165 Å². The van der Waals surface area contributed by atoms with Crippen LogP contribution in [0.25, 0.3) is 0 Å². The molecule has 2 aliphatic rings. The van der Waals surface area contributed by atoms with Crippen molar-refractivity contribution in [2.75, 3.05) is 52.8 Å². The van der Waals surface area contributed by atoms with Crippen LogP contribution in [0.15, 0.2) is 23.2 Å². The van der Waals surface area contributed by atoms with Crippen molar-refractivity contribution in [1.82, 2.24) is 5.32 Å². The molecule has 0 atom stereocenters. The first-order valence-electron chi connectivity index (χ1n) is 9.91. The Morgan fingerprint density at radius 3 is 2.82 bits per heavy atom. The molecule has 0 aliphatic carbocycles. The number of hydrogen-bond donors (Lipinski definition) is 2. The zero-order valence-corrected chi connectivity index (χ0v) is 16.7. The number of fused-ring (bicyclic) bond motifs is 1. The van der Waals surface area contributed by atoms with Crippen LogP contribution in [0, 0.1) is 5.92 Å². The van der Waals surface area contributed by atoms with Crippen LogP contribution >= 0.6 is 0 Å². The Morgan fingerprint density at radius 2 is 2.04 bits per heavy atom. The summed E-state index contributed by atoms with van der Waals surface area (Å²) in [5, 5.41) is 2.78. The molecule has 0 unspecified atom stereocenters. The summed E-state index contributed by atoms with van der Waals surface area (Å²) >= 11 is 0. The highest BCUT2D eigenvalue weighted by Gasteiger charge is 2.18. The fourth-order valence-electron chi connectivity index (χ4n) is 2.99. The van der Waals surface area contributed by atoms with E-state index in [2.05, 4.69) is 24.2 Å². The first kappa shape index (κ1) is 20.4. The van der Waals surface area contributed by atoms with Gasteiger partial charge in [0.15, 0.2) is 11.5 Å². The molecule has 1 saturated heterocycles. The summed E-state index contributed by atoms with van der Waals surface area (Å²) in [6, 6.07) is 5.37. The molecule has 0 bridgehead atoms. The van der Waals surface area contributed by atoms with E-state index < -0.39 is 0 Å². The van der Waals surface area contributed by atoms with Gasteiger partial charge in [-0.3, -0.25) is 10.1 Å². The van der Waals surface area contributed by atoms with E-state index in [0.29, 0.717) is 36.1 Å². The Morgan fingerprint density at radius 1 is 1.25 bits per heavy atom. The normalized spacial score (nSPS) is 17.0. The van der Waals surface area contributed by atoms with Crippen LogP contribution in [0.1, 0.15) is 30.6 Å². The third-order valence-electron chi connectivity index (χ3n) is 4.55. The van der Waals surface area contributed by atoms with E-state index in [-0.39, 0.29) is 18.7 Å². The Balaban J connectivity index is 1.54. The topological polar surface area (TPSA) is 82.8 Å². The molecular weight excluding hydrogens is 362 g/mol. The number of hydrogen-bond acceptors (Lipinski definition) is 6. The number of carbonyl (C=O) groups excluding carboxylic acids is 1. The summed E-state index contributed by atoms with van der Waals surface area (Å²) in [4.78, 5) is 18.6. The molecule has 0 radical (unpaired) electrons. The predicted molar refractivity (Wildman–Crippen MR) is 104 cm³/mol. The summed E-state index contributed by atoms with van der Waals surface area (Å²) in [6.07, 6.45) is 0.934. The fraction of sp³-hybridized carbons (Fsp3) is 0.600. The summed E-state index contributed by atoms with van der Waals surface area (Å²) < 4.78 is 21.7. The van der Waals surface area contributed by atoms with Crippen molar-refractivity contribution in [3.8, 4) is 11.5 Å². The molecule has 2 N–H and O–H groups in total. The zero-order valence-electron chi connectivity index (χ0n) is 16.7. The number of quaternary nitrogens is 1. The van der Waals surface area contributed by atoms with Gasteiger partial charge in [-0.15, -0.1) is 0 Å². The molecule has 8 heteroatoms. The SMILES string of the molecule is CC(C)COC(=NCCC[NH+]1CCOCC1)NC(=O)c1ccc2c(c1)OCO2. The van der Waals surface area contributed by atoms with Crippen molar-refractivity contribution in [2.45, 2.75) is 20.3 Å². The predicted octanol–water partition coefficient (Wildman–Crippen LogP) is 0.479. The number of carbonyl (C=O) groups is 1. The summed E-state index contributed by atoms with van der Waals surface area (Å²) in [6.45, 7) is 10.2. The molecule has 2 aliphatic heterocycles. The molecule has 0 spiro atoms. The summed E-state index contributed by atoms with van der Waals surface area (Å²) in [7, 11) is 0. The van der Waals surface area contributed by atoms with E-state index in [1.165, 1.54) is 4.90 Å². The van der Waals surface area contributed by atoms with E-state index in [9.17, 15) is 4.79 Å². The molecule has 1 aromatic carbocycles. The molecule has 154 valence electrons. The second-order valence-corrected chi connectivity index (χ2v) is 7.38. The Hall–Kier alpha value is -2.32. The number of nitrogens with one attached hydrogen (secondary N) is 2. The van der Waals surface area contributed by atoms with Crippen molar-refractivity contribution in [2.24, 2.45) is 10.9 Å². The number of rotatable bonds is 7. The van der Waals surface area contributed by atoms with Crippen molar-refractivity contribution < 1.29 is 28.6 Å². The van der Waals surface area contributed by atoms with Crippen LogP contribution < -0.4 is 19.7 Å². The molecule has 3 rings (SSSR count). The minimum atomic E-state index is -0.278. The van der Waals surface area contributed by atoms with Gasteiger partial charge in [0.2, 0.25) is 6.79 Å². The lowest BCUT2D eigenvalue weighted by atomic mass is 10.2. The minimum absolute atomic E-state index is 0.176. The number of nitrogens with zero attached hydrogens (tertiary/aromatic N) is 1. The average molecular weight is 392 g/mol. The van der Waals surface area contributed by atoms with Gasteiger partial charge in [0.25, 0.3) is 11.9 Å². The van der Waals surface area contributed by atoms with Gasteiger partial charge in [-0.05, 0) is 24.1 Å². The lowest BCUT2D eigenvalue weighted by molar-refractivity contribution is -0.908. The second-order valence-electron chi connectivity index (χ2n) is 7.38. The van der Waals surface area contributed by atoms with E-state index in [0.717, 1.165) is 39.3 Å². The maximum absolute atomic E-state index is 12.6. The van der Waals surface area contributed by atoms with Gasteiger partial charge < -0.3 is 23.8 Å². The fourth-order valence-corrected chi connectivity index (χ4v) is 2.99. The lowest BCUT2D eigenvalue weighted by Crippen LogP contribution is -3.14. The summed E-state index contributed by atoms with van der Waals surface area (Å²) in [5.41, 5.74) is 0.475. The lowest BCUT2D eigenvalue weighted by Gasteiger charge is -2.23. The molecule has 8 nitrogen and oxygen atoms in total. The molecular formula is C20H30N3O5+. The second kappa shape index (κ2) is 10.3. The van der Waals surface area contributed by atoms with Crippen LogP contribution in [0.3, 0.4) is 0 Å². The maximum Gasteiger partial charge on any atom is 0.291 e. The molecule has 0 aromatic heterocycles. The highest BCUT2D eigenvalue weighted by atomic mass is 16.7. The summed E-state index contributed by atoms with van der Waals surface area (Å²) in [5.74, 6) is 1.28. The van der Waals surface area contributed by atoms with Gasteiger partial charge in [0.05, 0.1) is 26.4 Å². The van der Waals surface area contributed by atoms with Gasteiger partial charge in [-0.1, -0.05) is 13.8 Å². The number of ether oxygens (including phenoxy) is 4. The molecule has 28 heavy (non-hydrogen) atoms. The van der Waals surface area contributed by atoms with Crippen LogP contribution in [-0.4, -0.2) is 64.7 Å². The highest BCUT2D eigenvalue weighted by Crippen LogP contribution is 2.32. The zero-order chi connectivity index (χ0) is 19.8. The van der Waals surface area contributed by atoms with E-state index in [1.807, 2.05) is 0 Å². The number of morpholine rings is 1. The molecule has 1 amide bonds. The largest absolute Gasteiger partial charge is 0.465 e. The monoisotopic (exact) mass is 392 g/mol. The number of benzene rings is 1. The van der Waals surface area contributed by atoms with Crippen molar-refractivity contribution in [3.05, 3.63) is 23.8 Å². The quantitative estimate of drug-likeness (QED) is 0.401. The van der Waals surface area contributed by atoms with Gasteiger partial charge in [0, 0.05) is 18.5 Å². The average Bonchev–Trinajstić information content (AvgIpc) is 3.17. The van der Waals surface area contributed by atoms with E-state index in [1.54, 1.807) is 18.2 Å². The number of aliphatic imine (C=N–C) groups is 1. The van der Waals surface area contributed by atoms with Gasteiger partial charge in [-0.2, -0.15) is 0 Å². The van der Waals surface area contributed by atoms with Crippen molar-refractivity contribution in [3.63, 3.8) is 0 Å². The van der Waals surface area contributed by atoms with Crippen molar-refractivity contribution in [1.29, 1.82) is 0 Å². The standard InChI is InChI=1S/C20H29N3O5/c1-15(2)13-26-20(21-6-3-7-23-8-10-25-11-9-23)22-19(24)16-4-5-17-18(12-16)28-14-27-17/h4-5,12,15H,3,6-11,13-14H2,1-2H3,(H,21,22,24)/p+1. The molecule has 2 heterocycles. The molecule has 1 fully saturated rings. The van der Waals surface area contributed by atoms with Gasteiger partial charge in [-0.25, -0.2) is 4.99 Å². The smallest absolute Gasteiger partial charge is 0.291 e. The Kier molecular flexibility index (Phi) is 7.50. The highest BCUT2D eigenvalue weighted by molar-refractivity contribution is 6.04. The first-order chi connectivity index (χ1) is 13.6. The van der Waals surface area contributed by atoms with Crippen LogP contribution in [0.2, 0.25) is 0 Å². The van der Waals surface area contributed by atoms with Gasteiger partial charge >= 0.3 is 0 Å². The minimum Gasteiger partial charge on any atom is -0.465 e. The van der Waals surface area contributed by atoms with Gasteiger partial charge in [0.1, 0.15) is 13.1 Å². The van der Waals surface area contributed by atoms with Crippen LogP contribution in [-0.2, 0) is 9.47 Å². The molecule has 1 aromatic rings. The van der Waals surface area contributed by atoms with Crippen molar-refractivity contribution >= 4 is 11.9 Å². The maximum atomic E-state index is 12.6. The van der Waals surface area contributed by atoms with Crippen LogP contribution in [0.4, 0.5) is 0 Å². The first-order valence-corrected chi connectivity index (χ1v) is 9.91. The Bertz CT molecular complexity index is 686. The molecule has 0 saturated carbocycles. The third kappa shape index (κ3) is 6.10. The number of amidine groups is 1. The van der Waals surface area contributed by atoms with E-state index >= 15 is 0 Å².